The van der Waals surface area contributed by atoms with E-state index < -0.39 is 6.04 Å². The first kappa shape index (κ1) is 19.1. The third kappa shape index (κ3) is 3.70. The highest BCUT2D eigenvalue weighted by Gasteiger charge is 2.38. The highest BCUT2D eigenvalue weighted by molar-refractivity contribution is 8.26. The largest absolute Gasteiger partial charge is 0.489 e. The standard InChI is InChI=1S/C21H15Cl2NO3S/c1-24-19(20(25)28-21(24)26)14-3-2-13-9-17(7-5-12(13)8-14)27-11-15-4-6-16(22)10-18(15)23/h2-10,19H,11H2,1H3. The van der Waals surface area contributed by atoms with Gasteiger partial charge in [-0.3, -0.25) is 9.59 Å². The summed E-state index contributed by atoms with van der Waals surface area (Å²) in [5.41, 5.74) is 1.66. The first-order valence-electron chi connectivity index (χ1n) is 8.51. The van der Waals surface area contributed by atoms with Crippen molar-refractivity contribution < 1.29 is 14.3 Å². The molecule has 3 aromatic carbocycles. The van der Waals surface area contributed by atoms with Crippen molar-refractivity contribution in [3.05, 3.63) is 75.8 Å². The Balaban J connectivity index is 1.55. The molecule has 7 heteroatoms. The van der Waals surface area contributed by atoms with Gasteiger partial charge in [-0.25, -0.2) is 0 Å². The van der Waals surface area contributed by atoms with Gasteiger partial charge >= 0.3 is 0 Å². The predicted octanol–water partition coefficient (Wildman–Crippen LogP) is 6.09. The van der Waals surface area contributed by atoms with Crippen molar-refractivity contribution in [3.8, 4) is 5.75 Å². The number of benzene rings is 3. The normalized spacial score (nSPS) is 16.8. The molecule has 4 rings (SSSR count). The van der Waals surface area contributed by atoms with Gasteiger partial charge in [0, 0.05) is 34.4 Å². The third-order valence-corrected chi connectivity index (χ3v) is 6.12. The summed E-state index contributed by atoms with van der Waals surface area (Å²) >= 11 is 12.9. The molecule has 1 unspecified atom stereocenters. The Morgan fingerprint density at radius 2 is 1.75 bits per heavy atom. The molecule has 0 saturated carbocycles. The SMILES string of the molecule is CN1C(=O)SC(=O)C1c1ccc2cc(OCc3ccc(Cl)cc3Cl)ccc2c1. The van der Waals surface area contributed by atoms with Crippen LogP contribution >= 0.6 is 35.0 Å². The lowest BCUT2D eigenvalue weighted by Gasteiger charge is -2.18. The molecule has 0 radical (unpaired) electrons. The number of likely N-dealkylation sites (N-methyl/N-ethyl adjacent to an activating group) is 1. The molecule has 1 amide bonds. The fourth-order valence-electron chi connectivity index (χ4n) is 3.14. The molecule has 142 valence electrons. The van der Waals surface area contributed by atoms with Crippen molar-refractivity contribution in [1.82, 2.24) is 4.90 Å². The maximum absolute atomic E-state index is 12.1. The minimum Gasteiger partial charge on any atom is -0.489 e. The second kappa shape index (κ2) is 7.66. The average molecular weight is 432 g/mol. The van der Waals surface area contributed by atoms with E-state index in [1.54, 1.807) is 19.2 Å². The lowest BCUT2D eigenvalue weighted by molar-refractivity contribution is -0.113. The summed E-state index contributed by atoms with van der Waals surface area (Å²) in [5, 5.41) is 2.74. The number of hydrogen-bond donors (Lipinski definition) is 0. The average Bonchev–Trinajstić information content (AvgIpc) is 2.92. The maximum Gasteiger partial charge on any atom is 0.289 e. The summed E-state index contributed by atoms with van der Waals surface area (Å²) in [6.07, 6.45) is 0. The van der Waals surface area contributed by atoms with E-state index in [9.17, 15) is 9.59 Å². The summed E-state index contributed by atoms with van der Waals surface area (Å²) in [7, 11) is 1.65. The van der Waals surface area contributed by atoms with Gasteiger partial charge in [0.15, 0.2) is 0 Å². The summed E-state index contributed by atoms with van der Waals surface area (Å²) in [5.74, 6) is 0.714. The van der Waals surface area contributed by atoms with E-state index in [1.165, 1.54) is 4.90 Å². The zero-order valence-corrected chi connectivity index (χ0v) is 17.1. The molecule has 0 aromatic heterocycles. The molecule has 1 heterocycles. The molecule has 1 aliphatic heterocycles. The van der Waals surface area contributed by atoms with Gasteiger partial charge in [0.2, 0.25) is 5.12 Å². The van der Waals surface area contributed by atoms with E-state index in [1.807, 2.05) is 42.5 Å². The van der Waals surface area contributed by atoms with Gasteiger partial charge in [0.25, 0.3) is 5.24 Å². The Morgan fingerprint density at radius 1 is 1.00 bits per heavy atom. The van der Waals surface area contributed by atoms with Crippen LogP contribution in [0.3, 0.4) is 0 Å². The van der Waals surface area contributed by atoms with Gasteiger partial charge in [-0.1, -0.05) is 47.5 Å². The monoisotopic (exact) mass is 431 g/mol. The van der Waals surface area contributed by atoms with Crippen LogP contribution in [0.4, 0.5) is 4.79 Å². The number of carbonyl (C=O) groups excluding carboxylic acids is 2. The third-order valence-electron chi connectivity index (χ3n) is 4.65. The number of halogens is 2. The highest BCUT2D eigenvalue weighted by Crippen LogP contribution is 2.36. The molecule has 3 aromatic rings. The van der Waals surface area contributed by atoms with E-state index in [0.717, 1.165) is 33.7 Å². The number of amides is 1. The summed E-state index contributed by atoms with van der Waals surface area (Å²) in [4.78, 5) is 25.3. The van der Waals surface area contributed by atoms with Crippen molar-refractivity contribution in [1.29, 1.82) is 0 Å². The van der Waals surface area contributed by atoms with Crippen LogP contribution in [0.2, 0.25) is 10.0 Å². The molecule has 0 spiro atoms. The summed E-state index contributed by atoms with van der Waals surface area (Å²) in [6.45, 7) is 0.334. The molecule has 4 nitrogen and oxygen atoms in total. The molecule has 0 aliphatic carbocycles. The maximum atomic E-state index is 12.1. The highest BCUT2D eigenvalue weighted by atomic mass is 35.5. The first-order valence-corrected chi connectivity index (χ1v) is 10.1. The Labute approximate surface area is 176 Å². The minimum atomic E-state index is -0.537. The van der Waals surface area contributed by atoms with Crippen molar-refractivity contribution in [2.75, 3.05) is 7.05 Å². The number of nitrogens with zero attached hydrogens (tertiary/aromatic N) is 1. The van der Waals surface area contributed by atoms with Gasteiger partial charge in [-0.05, 0) is 46.7 Å². The van der Waals surface area contributed by atoms with Crippen LogP contribution in [0.1, 0.15) is 17.2 Å². The number of fused-ring (bicyclic) bond motifs is 1. The Bertz CT molecular complexity index is 1100. The second-order valence-corrected chi connectivity index (χ2v) is 8.29. The fraction of sp³-hybridized carbons (Fsp3) is 0.143. The molecule has 1 fully saturated rings. The second-order valence-electron chi connectivity index (χ2n) is 6.49. The van der Waals surface area contributed by atoms with E-state index in [4.69, 9.17) is 27.9 Å². The van der Waals surface area contributed by atoms with E-state index in [2.05, 4.69) is 0 Å². The van der Waals surface area contributed by atoms with Crippen LogP contribution in [-0.4, -0.2) is 22.3 Å². The summed E-state index contributed by atoms with van der Waals surface area (Å²) < 4.78 is 5.86. The fourth-order valence-corrected chi connectivity index (χ4v) is 4.43. The van der Waals surface area contributed by atoms with Gasteiger partial charge in [-0.15, -0.1) is 0 Å². The van der Waals surface area contributed by atoms with Crippen LogP contribution in [0.15, 0.2) is 54.6 Å². The van der Waals surface area contributed by atoms with Crippen molar-refractivity contribution in [2.24, 2.45) is 0 Å². The van der Waals surface area contributed by atoms with E-state index in [0.29, 0.717) is 22.4 Å². The predicted molar refractivity (Wildman–Crippen MR) is 113 cm³/mol. The first-order chi connectivity index (χ1) is 13.4. The van der Waals surface area contributed by atoms with Crippen LogP contribution in [0.25, 0.3) is 10.8 Å². The number of ether oxygens (including phenoxy) is 1. The van der Waals surface area contributed by atoms with Gasteiger partial charge in [0.1, 0.15) is 18.4 Å². The molecule has 0 N–H and O–H groups in total. The topological polar surface area (TPSA) is 46.6 Å². The molecule has 1 saturated heterocycles. The van der Waals surface area contributed by atoms with Crippen LogP contribution in [0.5, 0.6) is 5.75 Å². The molecule has 0 bridgehead atoms. The van der Waals surface area contributed by atoms with Gasteiger partial charge in [-0.2, -0.15) is 0 Å². The van der Waals surface area contributed by atoms with E-state index in [-0.39, 0.29) is 10.4 Å². The Hall–Kier alpha value is -2.21. The number of hydrogen-bond acceptors (Lipinski definition) is 4. The van der Waals surface area contributed by atoms with Gasteiger partial charge in [0.05, 0.1) is 0 Å². The zero-order valence-electron chi connectivity index (χ0n) is 14.8. The van der Waals surface area contributed by atoms with Crippen LogP contribution in [0, 0.1) is 0 Å². The van der Waals surface area contributed by atoms with Crippen LogP contribution in [-0.2, 0) is 11.4 Å². The Kier molecular flexibility index (Phi) is 5.23. The zero-order chi connectivity index (χ0) is 19.8. The quantitative estimate of drug-likeness (QED) is 0.501. The van der Waals surface area contributed by atoms with Gasteiger partial charge < -0.3 is 9.64 Å². The lowest BCUT2D eigenvalue weighted by atomic mass is 10.0. The summed E-state index contributed by atoms with van der Waals surface area (Å²) in [6, 6.07) is 16.3. The molecular formula is C21H15Cl2NO3S. The van der Waals surface area contributed by atoms with Crippen molar-refractivity contribution >= 4 is 56.1 Å². The van der Waals surface area contributed by atoms with E-state index >= 15 is 0 Å². The Morgan fingerprint density at radius 3 is 2.46 bits per heavy atom. The minimum absolute atomic E-state index is 0.147. The number of thioether (sulfide) groups is 1. The lowest BCUT2D eigenvalue weighted by Crippen LogP contribution is -2.23. The van der Waals surface area contributed by atoms with Crippen molar-refractivity contribution in [3.63, 3.8) is 0 Å². The molecule has 28 heavy (non-hydrogen) atoms. The molecular weight excluding hydrogens is 417 g/mol. The molecule has 1 atom stereocenters. The van der Waals surface area contributed by atoms with Crippen LogP contribution < -0.4 is 4.74 Å². The van der Waals surface area contributed by atoms with Crippen molar-refractivity contribution in [2.45, 2.75) is 12.6 Å². The molecule has 1 aliphatic rings. The number of carbonyl (C=O) groups is 2. The number of rotatable bonds is 4. The smallest absolute Gasteiger partial charge is 0.289 e.